The van der Waals surface area contributed by atoms with Gasteiger partial charge in [-0.3, -0.25) is 4.79 Å². The van der Waals surface area contributed by atoms with Gasteiger partial charge in [-0.1, -0.05) is 19.3 Å². The largest absolute Gasteiger partial charge is 0.618 e. The average molecular weight is 385 g/mol. The molecule has 2 heterocycles. The summed E-state index contributed by atoms with van der Waals surface area (Å²) in [6.45, 7) is 0. The van der Waals surface area contributed by atoms with Crippen LogP contribution in [0.15, 0.2) is 29.4 Å². The Morgan fingerprint density at radius 2 is 1.96 bits per heavy atom. The molecule has 0 radical (unpaired) electrons. The van der Waals surface area contributed by atoms with Gasteiger partial charge in [-0.15, -0.1) is 0 Å². The van der Waals surface area contributed by atoms with Gasteiger partial charge >= 0.3 is 0 Å². The van der Waals surface area contributed by atoms with Crippen LogP contribution in [0.4, 0.5) is 0 Å². The quantitative estimate of drug-likeness (QED) is 0.439. The maximum Gasteiger partial charge on any atom is 0.251 e. The predicted molar refractivity (Wildman–Crippen MR) is 96.9 cm³/mol. The molecule has 0 bridgehead atoms. The highest BCUT2D eigenvalue weighted by atomic mass is 32.2. The van der Waals surface area contributed by atoms with Crippen LogP contribution < -0.4 is 4.73 Å². The molecule has 25 heavy (non-hydrogen) atoms. The standard InChI is InChI=1S/C17H24N2O4S2/c20-16(12-24-17-8-4-5-10-18(17)21)19(14-6-2-1-3-7-14)15-9-11-25(22,23)13-15/h4-5,8,10,14-15H,1-3,6-7,9,11-13H2. The van der Waals surface area contributed by atoms with Crippen molar-refractivity contribution in [1.82, 2.24) is 4.90 Å². The Hall–Kier alpha value is -1.28. The molecule has 138 valence electrons. The summed E-state index contributed by atoms with van der Waals surface area (Å²) in [6, 6.07) is 5.03. The molecule has 1 atom stereocenters. The second-order valence-corrected chi connectivity index (χ2v) is 10.0. The van der Waals surface area contributed by atoms with Gasteiger partial charge in [0.15, 0.2) is 16.0 Å². The number of aromatic nitrogens is 1. The van der Waals surface area contributed by atoms with E-state index in [0.29, 0.717) is 11.4 Å². The summed E-state index contributed by atoms with van der Waals surface area (Å²) >= 11 is 1.22. The zero-order chi connectivity index (χ0) is 17.9. The third-order valence-corrected chi connectivity index (χ3v) is 7.74. The van der Waals surface area contributed by atoms with E-state index in [0.717, 1.165) is 30.4 Å². The highest BCUT2D eigenvalue weighted by molar-refractivity contribution is 7.99. The van der Waals surface area contributed by atoms with Gasteiger partial charge in [0.05, 0.1) is 17.3 Å². The molecule has 1 amide bonds. The van der Waals surface area contributed by atoms with Crippen LogP contribution in [0.5, 0.6) is 0 Å². The first-order valence-corrected chi connectivity index (χ1v) is 11.6. The first kappa shape index (κ1) is 18.5. The lowest BCUT2D eigenvalue weighted by Crippen LogP contribution is -2.49. The van der Waals surface area contributed by atoms with E-state index in [9.17, 15) is 18.4 Å². The van der Waals surface area contributed by atoms with Crippen LogP contribution in [0.2, 0.25) is 0 Å². The fourth-order valence-electron chi connectivity index (χ4n) is 3.79. The molecule has 1 saturated carbocycles. The van der Waals surface area contributed by atoms with Crippen LogP contribution >= 0.6 is 11.8 Å². The van der Waals surface area contributed by atoms with Crippen LogP contribution in [-0.4, -0.2) is 48.6 Å². The second-order valence-electron chi connectivity index (χ2n) is 6.80. The lowest BCUT2D eigenvalue weighted by atomic mass is 9.93. The highest BCUT2D eigenvalue weighted by Gasteiger charge is 2.38. The van der Waals surface area contributed by atoms with E-state index in [-0.39, 0.29) is 35.2 Å². The zero-order valence-electron chi connectivity index (χ0n) is 14.2. The first-order valence-electron chi connectivity index (χ1n) is 8.79. The second kappa shape index (κ2) is 7.95. The number of nitrogens with zero attached hydrogens (tertiary/aromatic N) is 2. The number of hydrogen-bond acceptors (Lipinski definition) is 5. The Kier molecular flexibility index (Phi) is 5.89. The number of carbonyl (C=O) groups is 1. The molecule has 3 rings (SSSR count). The SMILES string of the molecule is O=C(CSc1cccc[n+]1[O-])N(C1CCCCC1)C1CCS(=O)(=O)C1. The van der Waals surface area contributed by atoms with Crippen LogP contribution in [0.3, 0.4) is 0 Å². The molecule has 1 aliphatic heterocycles. The summed E-state index contributed by atoms with van der Waals surface area (Å²) in [5.74, 6) is 0.356. The lowest BCUT2D eigenvalue weighted by Gasteiger charge is -2.38. The molecule has 0 N–H and O–H groups in total. The van der Waals surface area contributed by atoms with Gasteiger partial charge in [0.1, 0.15) is 0 Å². The van der Waals surface area contributed by atoms with E-state index in [1.807, 2.05) is 4.90 Å². The third kappa shape index (κ3) is 4.67. The van der Waals surface area contributed by atoms with E-state index in [4.69, 9.17) is 0 Å². The molecule has 2 fully saturated rings. The maximum absolute atomic E-state index is 12.9. The van der Waals surface area contributed by atoms with Crippen LogP contribution in [0, 0.1) is 5.21 Å². The molecular weight excluding hydrogens is 360 g/mol. The van der Waals surface area contributed by atoms with Crippen molar-refractivity contribution in [2.24, 2.45) is 0 Å². The normalized spacial score (nSPS) is 23.4. The van der Waals surface area contributed by atoms with E-state index < -0.39 is 9.84 Å². The minimum absolute atomic E-state index is 0.0529. The minimum atomic E-state index is -3.04. The van der Waals surface area contributed by atoms with Crippen molar-refractivity contribution < 1.29 is 17.9 Å². The summed E-state index contributed by atoms with van der Waals surface area (Å²) in [4.78, 5) is 14.8. The molecule has 1 aliphatic carbocycles. The number of amides is 1. The number of rotatable bonds is 5. The Morgan fingerprint density at radius 1 is 1.20 bits per heavy atom. The van der Waals surface area contributed by atoms with Crippen molar-refractivity contribution in [3.63, 3.8) is 0 Å². The Labute approximate surface area is 153 Å². The van der Waals surface area contributed by atoms with Crippen molar-refractivity contribution in [2.45, 2.75) is 55.6 Å². The van der Waals surface area contributed by atoms with Gasteiger partial charge < -0.3 is 10.1 Å². The smallest absolute Gasteiger partial charge is 0.251 e. The number of hydrogen-bond donors (Lipinski definition) is 0. The molecule has 6 nitrogen and oxygen atoms in total. The van der Waals surface area contributed by atoms with Crippen molar-refractivity contribution >= 4 is 27.5 Å². The van der Waals surface area contributed by atoms with E-state index in [1.165, 1.54) is 24.4 Å². The molecule has 8 heteroatoms. The van der Waals surface area contributed by atoms with Crippen molar-refractivity contribution in [1.29, 1.82) is 0 Å². The topological polar surface area (TPSA) is 81.4 Å². The van der Waals surface area contributed by atoms with Gasteiger partial charge in [-0.05, 0) is 37.1 Å². The molecular formula is C17H24N2O4S2. The molecule has 1 saturated heterocycles. The van der Waals surface area contributed by atoms with E-state index in [2.05, 4.69) is 0 Å². The van der Waals surface area contributed by atoms with Gasteiger partial charge in [-0.25, -0.2) is 8.42 Å². The number of carbonyl (C=O) groups excluding carboxylic acids is 1. The summed E-state index contributed by atoms with van der Waals surface area (Å²) in [6.07, 6.45) is 7.17. The highest BCUT2D eigenvalue weighted by Crippen LogP contribution is 2.29. The van der Waals surface area contributed by atoms with Crippen molar-refractivity contribution in [3.05, 3.63) is 29.6 Å². The molecule has 0 spiro atoms. The van der Waals surface area contributed by atoms with Crippen LogP contribution in [0.25, 0.3) is 0 Å². The molecule has 1 aromatic rings. The van der Waals surface area contributed by atoms with Crippen LogP contribution in [0.1, 0.15) is 38.5 Å². The lowest BCUT2D eigenvalue weighted by molar-refractivity contribution is -0.645. The Balaban J connectivity index is 1.71. The molecule has 2 aliphatic rings. The van der Waals surface area contributed by atoms with Crippen molar-refractivity contribution in [3.8, 4) is 0 Å². The van der Waals surface area contributed by atoms with Gasteiger partial charge in [-0.2, -0.15) is 4.73 Å². The number of thioether (sulfide) groups is 1. The fourth-order valence-corrected chi connectivity index (χ4v) is 6.29. The molecule has 1 unspecified atom stereocenters. The van der Waals surface area contributed by atoms with Gasteiger partial charge in [0.2, 0.25) is 5.91 Å². The zero-order valence-corrected chi connectivity index (χ0v) is 15.8. The van der Waals surface area contributed by atoms with Gasteiger partial charge in [0, 0.05) is 24.2 Å². The summed E-state index contributed by atoms with van der Waals surface area (Å²) in [7, 11) is -3.04. The predicted octanol–water partition coefficient (Wildman–Crippen LogP) is 1.76. The Bertz CT molecular complexity index is 717. The first-order chi connectivity index (χ1) is 12.0. The Morgan fingerprint density at radius 3 is 2.60 bits per heavy atom. The van der Waals surface area contributed by atoms with Gasteiger partial charge in [0.25, 0.3) is 5.03 Å². The monoisotopic (exact) mass is 384 g/mol. The summed E-state index contributed by atoms with van der Waals surface area (Å²) < 4.78 is 24.5. The maximum atomic E-state index is 12.9. The molecule has 1 aromatic heterocycles. The van der Waals surface area contributed by atoms with E-state index >= 15 is 0 Å². The fraction of sp³-hybridized carbons (Fsp3) is 0.647. The summed E-state index contributed by atoms with van der Waals surface area (Å²) in [5.41, 5.74) is 0. The van der Waals surface area contributed by atoms with Crippen molar-refractivity contribution in [2.75, 3.05) is 17.3 Å². The average Bonchev–Trinajstić information content (AvgIpc) is 2.95. The third-order valence-electron chi connectivity index (χ3n) is 4.99. The minimum Gasteiger partial charge on any atom is -0.618 e. The number of sulfone groups is 1. The van der Waals surface area contributed by atoms with E-state index in [1.54, 1.807) is 18.2 Å². The summed E-state index contributed by atoms with van der Waals surface area (Å²) in [5, 5.41) is 12.2. The van der Waals surface area contributed by atoms with Crippen LogP contribution in [-0.2, 0) is 14.6 Å². The molecule has 0 aromatic carbocycles. The number of pyridine rings is 1.